The van der Waals surface area contributed by atoms with E-state index in [0.29, 0.717) is 17.9 Å². The van der Waals surface area contributed by atoms with E-state index in [1.165, 1.54) is 0 Å². The molecule has 0 spiro atoms. The van der Waals surface area contributed by atoms with Gasteiger partial charge in [0.2, 0.25) is 0 Å². The third-order valence-corrected chi connectivity index (χ3v) is 3.14. The average Bonchev–Trinajstić information content (AvgIpc) is 2.34. The van der Waals surface area contributed by atoms with Crippen molar-refractivity contribution in [2.24, 2.45) is 0 Å². The number of hydrogen-bond donors (Lipinski definition) is 1. The second kappa shape index (κ2) is 6.35. The topological polar surface area (TPSA) is 47.9 Å². The summed E-state index contributed by atoms with van der Waals surface area (Å²) in [6, 6.07) is 1.93. The van der Waals surface area contributed by atoms with Gasteiger partial charge >= 0.3 is 0 Å². The lowest BCUT2D eigenvalue weighted by Gasteiger charge is -2.24. The summed E-state index contributed by atoms with van der Waals surface area (Å²) in [5.74, 6) is 2.35. The highest BCUT2D eigenvalue weighted by molar-refractivity contribution is 5.60. The summed E-state index contributed by atoms with van der Waals surface area (Å²) in [6.07, 6.45) is 0.460. The summed E-state index contributed by atoms with van der Waals surface area (Å²) in [5, 5.41) is 10.1. The van der Waals surface area contributed by atoms with Crippen LogP contribution in [0.15, 0.2) is 6.07 Å². The Balaban J connectivity index is 3.54. The van der Waals surface area contributed by atoms with Crippen LogP contribution < -0.4 is 14.2 Å². The molecule has 114 valence electrons. The van der Waals surface area contributed by atoms with Crippen LogP contribution in [-0.4, -0.2) is 32.0 Å². The monoisotopic (exact) mass is 282 g/mol. The Kier molecular flexibility index (Phi) is 5.28. The lowest BCUT2D eigenvalue weighted by molar-refractivity contribution is 0.0801. The zero-order chi connectivity index (χ0) is 15.5. The van der Waals surface area contributed by atoms with Crippen LogP contribution in [0.2, 0.25) is 0 Å². The van der Waals surface area contributed by atoms with Crippen molar-refractivity contribution >= 4 is 0 Å². The number of methoxy groups -OCH3 is 3. The standard InChI is InChI=1S/C16H26O4/c1-10(2)13-12(18-5)8-11(9-16(3,4)17)14(19-6)15(13)20-7/h8,10,17H,9H2,1-7H3. The van der Waals surface area contributed by atoms with E-state index in [4.69, 9.17) is 14.2 Å². The Hall–Kier alpha value is -1.42. The maximum Gasteiger partial charge on any atom is 0.168 e. The quantitative estimate of drug-likeness (QED) is 0.870. The van der Waals surface area contributed by atoms with E-state index in [-0.39, 0.29) is 5.92 Å². The lowest BCUT2D eigenvalue weighted by Crippen LogP contribution is -2.22. The van der Waals surface area contributed by atoms with Gasteiger partial charge in [-0.2, -0.15) is 0 Å². The van der Waals surface area contributed by atoms with Crippen LogP contribution in [0.25, 0.3) is 0 Å². The number of ether oxygens (including phenoxy) is 3. The van der Waals surface area contributed by atoms with Gasteiger partial charge in [-0.1, -0.05) is 13.8 Å². The third-order valence-electron chi connectivity index (χ3n) is 3.14. The van der Waals surface area contributed by atoms with Crippen LogP contribution in [0.3, 0.4) is 0 Å². The molecule has 0 radical (unpaired) electrons. The Morgan fingerprint density at radius 1 is 1.05 bits per heavy atom. The van der Waals surface area contributed by atoms with E-state index in [2.05, 4.69) is 13.8 Å². The van der Waals surface area contributed by atoms with Crippen LogP contribution in [-0.2, 0) is 6.42 Å². The van der Waals surface area contributed by atoms with Gasteiger partial charge in [0.05, 0.1) is 26.9 Å². The Morgan fingerprint density at radius 3 is 1.95 bits per heavy atom. The first-order chi connectivity index (χ1) is 9.25. The van der Waals surface area contributed by atoms with E-state index in [0.717, 1.165) is 16.9 Å². The highest BCUT2D eigenvalue weighted by atomic mass is 16.5. The van der Waals surface area contributed by atoms with Crippen LogP contribution in [0.5, 0.6) is 17.2 Å². The predicted octanol–water partition coefficient (Wildman–Crippen LogP) is 3.15. The van der Waals surface area contributed by atoms with E-state index < -0.39 is 5.60 Å². The van der Waals surface area contributed by atoms with Crippen LogP contribution >= 0.6 is 0 Å². The molecule has 0 saturated heterocycles. The molecular weight excluding hydrogens is 256 g/mol. The van der Waals surface area contributed by atoms with Gasteiger partial charge in [-0.15, -0.1) is 0 Å². The van der Waals surface area contributed by atoms with Crippen molar-refractivity contribution in [1.29, 1.82) is 0 Å². The van der Waals surface area contributed by atoms with Crippen LogP contribution in [0.1, 0.15) is 44.7 Å². The summed E-state index contributed by atoms with van der Waals surface area (Å²) >= 11 is 0. The van der Waals surface area contributed by atoms with E-state index in [1.54, 1.807) is 35.2 Å². The van der Waals surface area contributed by atoms with E-state index >= 15 is 0 Å². The summed E-state index contributed by atoms with van der Waals surface area (Å²) in [5.41, 5.74) is 1.02. The van der Waals surface area contributed by atoms with Gasteiger partial charge in [-0.05, 0) is 25.8 Å². The molecule has 0 aliphatic carbocycles. The molecule has 0 aliphatic rings. The van der Waals surface area contributed by atoms with Gasteiger partial charge in [0.25, 0.3) is 0 Å². The molecule has 1 rings (SSSR count). The molecule has 0 fully saturated rings. The second-order valence-corrected chi connectivity index (χ2v) is 5.86. The molecule has 0 aliphatic heterocycles. The molecule has 4 nitrogen and oxygen atoms in total. The molecule has 0 aromatic heterocycles. The molecule has 20 heavy (non-hydrogen) atoms. The smallest absolute Gasteiger partial charge is 0.168 e. The molecule has 1 aromatic rings. The number of rotatable bonds is 6. The molecule has 0 saturated carbocycles. The highest BCUT2D eigenvalue weighted by Crippen LogP contribution is 2.45. The zero-order valence-electron chi connectivity index (χ0n) is 13.5. The van der Waals surface area contributed by atoms with Crippen LogP contribution in [0.4, 0.5) is 0 Å². The summed E-state index contributed by atoms with van der Waals surface area (Å²) in [7, 11) is 4.88. The fourth-order valence-electron chi connectivity index (χ4n) is 2.42. The molecule has 0 bridgehead atoms. The van der Waals surface area contributed by atoms with Gasteiger partial charge in [0, 0.05) is 17.5 Å². The molecule has 1 aromatic carbocycles. The summed E-state index contributed by atoms with van der Waals surface area (Å²) in [4.78, 5) is 0. The molecule has 0 amide bonds. The zero-order valence-corrected chi connectivity index (χ0v) is 13.5. The first-order valence-corrected chi connectivity index (χ1v) is 6.79. The average molecular weight is 282 g/mol. The van der Waals surface area contributed by atoms with Crippen molar-refractivity contribution in [3.05, 3.63) is 17.2 Å². The molecule has 0 atom stereocenters. The van der Waals surface area contributed by atoms with Crippen molar-refractivity contribution in [3.8, 4) is 17.2 Å². The minimum absolute atomic E-state index is 0.241. The van der Waals surface area contributed by atoms with Crippen molar-refractivity contribution in [1.82, 2.24) is 0 Å². The van der Waals surface area contributed by atoms with E-state index in [9.17, 15) is 5.11 Å². The first kappa shape index (κ1) is 16.6. The lowest BCUT2D eigenvalue weighted by atomic mass is 9.92. The minimum atomic E-state index is -0.831. The Bertz CT molecular complexity index is 459. The minimum Gasteiger partial charge on any atom is -0.496 e. The highest BCUT2D eigenvalue weighted by Gasteiger charge is 2.25. The van der Waals surface area contributed by atoms with Gasteiger partial charge in [-0.25, -0.2) is 0 Å². The molecule has 4 heteroatoms. The molecule has 1 N–H and O–H groups in total. The van der Waals surface area contributed by atoms with Gasteiger partial charge in [0.15, 0.2) is 11.5 Å². The Labute approximate surface area is 121 Å². The first-order valence-electron chi connectivity index (χ1n) is 6.79. The van der Waals surface area contributed by atoms with Gasteiger partial charge < -0.3 is 19.3 Å². The van der Waals surface area contributed by atoms with Gasteiger partial charge in [-0.3, -0.25) is 0 Å². The van der Waals surface area contributed by atoms with Crippen molar-refractivity contribution in [2.75, 3.05) is 21.3 Å². The second-order valence-electron chi connectivity index (χ2n) is 5.86. The summed E-state index contributed by atoms with van der Waals surface area (Å²) in [6.45, 7) is 7.69. The number of hydrogen-bond acceptors (Lipinski definition) is 4. The maximum atomic E-state index is 10.1. The Morgan fingerprint density at radius 2 is 1.60 bits per heavy atom. The number of benzene rings is 1. The van der Waals surface area contributed by atoms with Crippen molar-refractivity contribution in [3.63, 3.8) is 0 Å². The SMILES string of the molecule is COc1cc(CC(C)(C)O)c(OC)c(OC)c1C(C)C. The van der Waals surface area contributed by atoms with Crippen molar-refractivity contribution < 1.29 is 19.3 Å². The van der Waals surface area contributed by atoms with Gasteiger partial charge in [0.1, 0.15) is 5.75 Å². The molecule has 0 heterocycles. The maximum absolute atomic E-state index is 10.1. The van der Waals surface area contributed by atoms with Crippen LogP contribution in [0, 0.1) is 0 Å². The summed E-state index contributed by atoms with van der Waals surface area (Å²) < 4.78 is 16.5. The fourth-order valence-corrected chi connectivity index (χ4v) is 2.42. The van der Waals surface area contributed by atoms with E-state index in [1.807, 2.05) is 6.07 Å². The molecular formula is C16H26O4. The van der Waals surface area contributed by atoms with Crippen molar-refractivity contribution in [2.45, 2.75) is 45.6 Å². The fraction of sp³-hybridized carbons (Fsp3) is 0.625. The largest absolute Gasteiger partial charge is 0.496 e. The number of aliphatic hydroxyl groups is 1. The molecule has 0 unspecified atom stereocenters. The third kappa shape index (κ3) is 3.57. The predicted molar refractivity (Wildman–Crippen MR) is 80.2 cm³/mol. The normalized spacial score (nSPS) is 11.7.